The maximum atomic E-state index is 5.40. The first-order valence-corrected chi connectivity index (χ1v) is 5.66. The highest BCUT2D eigenvalue weighted by Gasteiger charge is 2.53. The Morgan fingerprint density at radius 3 is 2.85 bits per heavy atom. The Hall–Kier alpha value is -0.0800. The molecule has 1 aliphatic heterocycles. The van der Waals surface area contributed by atoms with Gasteiger partial charge in [-0.2, -0.15) is 0 Å². The van der Waals surface area contributed by atoms with Crippen molar-refractivity contribution in [3.63, 3.8) is 0 Å². The van der Waals surface area contributed by atoms with Gasteiger partial charge in [-0.3, -0.25) is 0 Å². The van der Waals surface area contributed by atoms with E-state index in [1.54, 1.807) is 0 Å². The van der Waals surface area contributed by atoms with E-state index in [1.165, 1.54) is 38.8 Å². The van der Waals surface area contributed by atoms with Gasteiger partial charge in [0.2, 0.25) is 0 Å². The lowest BCUT2D eigenvalue weighted by molar-refractivity contribution is 0.0520. The lowest BCUT2D eigenvalue weighted by Gasteiger charge is -2.22. The minimum Gasteiger partial charge on any atom is -0.381 e. The first-order valence-electron chi connectivity index (χ1n) is 5.66. The maximum absolute atomic E-state index is 5.40. The fourth-order valence-corrected chi connectivity index (χ4v) is 2.56. The van der Waals surface area contributed by atoms with E-state index in [-0.39, 0.29) is 0 Å². The summed E-state index contributed by atoms with van der Waals surface area (Å²) >= 11 is 0. The molecular weight excluding hydrogens is 162 g/mol. The van der Waals surface area contributed by atoms with E-state index >= 15 is 0 Å². The average molecular weight is 183 g/mol. The van der Waals surface area contributed by atoms with Gasteiger partial charge in [0.25, 0.3) is 0 Å². The summed E-state index contributed by atoms with van der Waals surface area (Å²) in [6.45, 7) is 6.66. The van der Waals surface area contributed by atoms with E-state index < -0.39 is 0 Å². The molecule has 0 aromatic carbocycles. The Morgan fingerprint density at radius 2 is 2.15 bits per heavy atom. The molecule has 2 aliphatic rings. The third-order valence-electron chi connectivity index (χ3n) is 3.66. The van der Waals surface area contributed by atoms with E-state index in [0.717, 1.165) is 19.1 Å². The summed E-state index contributed by atoms with van der Waals surface area (Å²) < 4.78 is 5.40. The van der Waals surface area contributed by atoms with E-state index in [1.807, 2.05) is 0 Å². The summed E-state index contributed by atoms with van der Waals surface area (Å²) in [6, 6.07) is 0. The topological polar surface area (TPSA) is 21.3 Å². The molecule has 1 saturated heterocycles. The molecule has 1 aliphatic carbocycles. The molecule has 2 rings (SSSR count). The fourth-order valence-electron chi connectivity index (χ4n) is 2.56. The van der Waals surface area contributed by atoms with Crippen LogP contribution in [0.5, 0.6) is 0 Å². The normalized spacial score (nSPS) is 30.7. The van der Waals surface area contributed by atoms with Crippen molar-refractivity contribution in [1.29, 1.82) is 0 Å². The lowest BCUT2D eigenvalue weighted by atomic mass is 9.94. The molecule has 1 unspecified atom stereocenters. The molecular formula is C11H21NO. The van der Waals surface area contributed by atoms with Gasteiger partial charge in [0.05, 0.1) is 0 Å². The van der Waals surface area contributed by atoms with Gasteiger partial charge in [-0.25, -0.2) is 0 Å². The molecule has 1 heterocycles. The first-order chi connectivity index (χ1) is 6.37. The van der Waals surface area contributed by atoms with Crippen molar-refractivity contribution in [3.8, 4) is 0 Å². The van der Waals surface area contributed by atoms with Crippen LogP contribution in [0.25, 0.3) is 0 Å². The average Bonchev–Trinajstić information content (AvgIpc) is 2.80. The van der Waals surface area contributed by atoms with E-state index in [4.69, 9.17) is 4.74 Å². The van der Waals surface area contributed by atoms with Gasteiger partial charge < -0.3 is 10.1 Å². The second-order valence-electron chi connectivity index (χ2n) is 4.58. The Kier molecular flexibility index (Phi) is 2.89. The molecule has 0 bridgehead atoms. The highest BCUT2D eigenvalue weighted by molar-refractivity contribution is 5.03. The van der Waals surface area contributed by atoms with Crippen molar-refractivity contribution in [2.24, 2.45) is 11.3 Å². The van der Waals surface area contributed by atoms with Crippen LogP contribution in [-0.4, -0.2) is 26.3 Å². The zero-order valence-corrected chi connectivity index (χ0v) is 8.64. The third-order valence-corrected chi connectivity index (χ3v) is 3.66. The molecule has 0 aromatic heterocycles. The lowest BCUT2D eigenvalue weighted by Crippen LogP contribution is -2.24. The van der Waals surface area contributed by atoms with Crippen LogP contribution >= 0.6 is 0 Å². The number of nitrogens with one attached hydrogen (secondary N) is 1. The number of rotatable bonds is 4. The van der Waals surface area contributed by atoms with Crippen LogP contribution in [0.1, 0.15) is 32.6 Å². The standard InChI is InChI=1S/C11H21NO/c1-2-5-12-9-10-8-11(10)3-6-13-7-4-11/h10,12H,2-9H2,1H3. The Bertz CT molecular complexity index is 163. The molecule has 0 amide bonds. The molecule has 2 heteroatoms. The molecule has 76 valence electrons. The van der Waals surface area contributed by atoms with Crippen LogP contribution in [-0.2, 0) is 4.74 Å². The van der Waals surface area contributed by atoms with Crippen LogP contribution in [0, 0.1) is 11.3 Å². The largest absolute Gasteiger partial charge is 0.381 e. The molecule has 1 atom stereocenters. The van der Waals surface area contributed by atoms with Crippen LogP contribution in [0.2, 0.25) is 0 Å². The number of hydrogen-bond acceptors (Lipinski definition) is 2. The van der Waals surface area contributed by atoms with Gasteiger partial charge in [-0.05, 0) is 50.1 Å². The smallest absolute Gasteiger partial charge is 0.0471 e. The Labute approximate surface area is 81.0 Å². The molecule has 13 heavy (non-hydrogen) atoms. The van der Waals surface area contributed by atoms with Crippen molar-refractivity contribution < 1.29 is 4.74 Å². The van der Waals surface area contributed by atoms with Crippen LogP contribution in [0.4, 0.5) is 0 Å². The second-order valence-corrected chi connectivity index (χ2v) is 4.58. The second kappa shape index (κ2) is 3.97. The Balaban J connectivity index is 1.67. The van der Waals surface area contributed by atoms with Crippen molar-refractivity contribution in [3.05, 3.63) is 0 Å². The van der Waals surface area contributed by atoms with E-state index in [2.05, 4.69) is 12.2 Å². The minimum absolute atomic E-state index is 0.707. The van der Waals surface area contributed by atoms with Crippen molar-refractivity contribution in [1.82, 2.24) is 5.32 Å². The quantitative estimate of drug-likeness (QED) is 0.671. The summed E-state index contributed by atoms with van der Waals surface area (Å²) in [5.41, 5.74) is 0.707. The first kappa shape index (κ1) is 9.47. The van der Waals surface area contributed by atoms with Crippen molar-refractivity contribution in [2.75, 3.05) is 26.3 Å². The van der Waals surface area contributed by atoms with Crippen LogP contribution in [0.3, 0.4) is 0 Å². The molecule has 0 radical (unpaired) electrons. The molecule has 0 aromatic rings. The summed E-state index contributed by atoms with van der Waals surface area (Å²) in [5.74, 6) is 0.961. The fraction of sp³-hybridized carbons (Fsp3) is 1.00. The van der Waals surface area contributed by atoms with Gasteiger partial charge >= 0.3 is 0 Å². The molecule has 1 N–H and O–H groups in total. The molecule has 2 nitrogen and oxygen atoms in total. The van der Waals surface area contributed by atoms with Crippen LogP contribution in [0.15, 0.2) is 0 Å². The predicted molar refractivity (Wildman–Crippen MR) is 53.8 cm³/mol. The van der Waals surface area contributed by atoms with Gasteiger partial charge in [-0.15, -0.1) is 0 Å². The summed E-state index contributed by atoms with van der Waals surface area (Å²) in [7, 11) is 0. The van der Waals surface area contributed by atoms with E-state index in [9.17, 15) is 0 Å². The van der Waals surface area contributed by atoms with E-state index in [0.29, 0.717) is 5.41 Å². The van der Waals surface area contributed by atoms with Crippen LogP contribution < -0.4 is 5.32 Å². The number of hydrogen-bond donors (Lipinski definition) is 1. The SMILES string of the molecule is CCCNCC1CC12CCOCC2. The highest BCUT2D eigenvalue weighted by Crippen LogP contribution is 2.58. The summed E-state index contributed by atoms with van der Waals surface area (Å²) in [5, 5.41) is 3.53. The van der Waals surface area contributed by atoms with Crippen molar-refractivity contribution >= 4 is 0 Å². The summed E-state index contributed by atoms with van der Waals surface area (Å²) in [6.07, 6.45) is 5.33. The summed E-state index contributed by atoms with van der Waals surface area (Å²) in [4.78, 5) is 0. The third kappa shape index (κ3) is 2.05. The molecule has 1 saturated carbocycles. The highest BCUT2D eigenvalue weighted by atomic mass is 16.5. The Morgan fingerprint density at radius 1 is 1.38 bits per heavy atom. The maximum Gasteiger partial charge on any atom is 0.0471 e. The van der Waals surface area contributed by atoms with Gasteiger partial charge in [0.1, 0.15) is 0 Å². The van der Waals surface area contributed by atoms with Gasteiger partial charge in [0, 0.05) is 13.2 Å². The minimum atomic E-state index is 0.707. The monoisotopic (exact) mass is 183 g/mol. The number of ether oxygens (including phenoxy) is 1. The predicted octanol–water partition coefficient (Wildman–Crippen LogP) is 1.80. The molecule has 2 fully saturated rings. The zero-order chi connectivity index (χ0) is 9.15. The van der Waals surface area contributed by atoms with Gasteiger partial charge in [-0.1, -0.05) is 6.92 Å². The van der Waals surface area contributed by atoms with Crippen molar-refractivity contribution in [2.45, 2.75) is 32.6 Å². The molecule has 1 spiro atoms. The van der Waals surface area contributed by atoms with Gasteiger partial charge in [0.15, 0.2) is 0 Å². The zero-order valence-electron chi connectivity index (χ0n) is 8.64.